The van der Waals surface area contributed by atoms with Crippen LogP contribution in [0.3, 0.4) is 0 Å². The molecule has 1 N–H and O–H groups in total. The number of hydrogen-bond acceptors (Lipinski definition) is 4. The normalized spacial score (nSPS) is 23.5. The summed E-state index contributed by atoms with van der Waals surface area (Å²) in [6.07, 6.45) is 0.439. The second-order valence-electron chi connectivity index (χ2n) is 4.61. The average Bonchev–Trinajstić information content (AvgIpc) is 2.37. The third kappa shape index (κ3) is 3.20. The van der Waals surface area contributed by atoms with Crippen molar-refractivity contribution in [2.24, 2.45) is 0 Å². The summed E-state index contributed by atoms with van der Waals surface area (Å²) in [7, 11) is 1.49. The highest BCUT2D eigenvalue weighted by Gasteiger charge is 2.39. The van der Waals surface area contributed by atoms with Gasteiger partial charge in [-0.1, -0.05) is 6.92 Å². The number of ether oxygens (including phenoxy) is 2. The van der Waals surface area contributed by atoms with Crippen LogP contribution >= 0.6 is 0 Å². The Kier molecular flexibility index (Phi) is 5.10. The van der Waals surface area contributed by atoms with Gasteiger partial charge in [0.05, 0.1) is 25.7 Å². The van der Waals surface area contributed by atoms with Crippen LogP contribution in [0.5, 0.6) is 0 Å². The van der Waals surface area contributed by atoms with E-state index in [-0.39, 0.29) is 18.9 Å². The van der Waals surface area contributed by atoms with Gasteiger partial charge in [0.15, 0.2) is 0 Å². The summed E-state index contributed by atoms with van der Waals surface area (Å²) in [5.41, 5.74) is -0.895. The Bertz CT molecular complexity index is 314. The lowest BCUT2D eigenvalue weighted by atomic mass is 9.99. The number of amides is 1. The molecular weight excluding hydrogens is 238 g/mol. The summed E-state index contributed by atoms with van der Waals surface area (Å²) in [5.74, 6) is -1.10. The molecule has 0 saturated carbocycles. The van der Waals surface area contributed by atoms with Gasteiger partial charge in [0.1, 0.15) is 5.60 Å². The van der Waals surface area contributed by atoms with Crippen molar-refractivity contribution < 1.29 is 24.2 Å². The zero-order chi connectivity index (χ0) is 13.8. The fraction of sp³-hybridized carbons (Fsp3) is 0.833. The molecule has 2 unspecified atom stereocenters. The van der Waals surface area contributed by atoms with E-state index < -0.39 is 17.6 Å². The van der Waals surface area contributed by atoms with Crippen molar-refractivity contribution in [3.63, 3.8) is 0 Å². The summed E-state index contributed by atoms with van der Waals surface area (Å²) in [6, 6.07) is -0.412. The van der Waals surface area contributed by atoms with Crippen LogP contribution in [0.2, 0.25) is 0 Å². The van der Waals surface area contributed by atoms with E-state index in [1.54, 1.807) is 11.8 Å². The number of methoxy groups -OCH3 is 1. The molecule has 6 heteroatoms. The van der Waals surface area contributed by atoms with Crippen molar-refractivity contribution in [1.29, 1.82) is 0 Å². The number of carboxylic acid groups (broad SMARTS) is 1. The number of carboxylic acids is 1. The van der Waals surface area contributed by atoms with Crippen LogP contribution in [0.25, 0.3) is 0 Å². The molecule has 0 aromatic heterocycles. The van der Waals surface area contributed by atoms with E-state index in [9.17, 15) is 9.59 Å². The van der Waals surface area contributed by atoms with E-state index in [1.165, 1.54) is 7.11 Å². The quantitative estimate of drug-likeness (QED) is 0.778. The third-order valence-corrected chi connectivity index (χ3v) is 3.48. The number of morpholine rings is 1. The van der Waals surface area contributed by atoms with Crippen molar-refractivity contribution in [1.82, 2.24) is 4.90 Å². The summed E-state index contributed by atoms with van der Waals surface area (Å²) in [5, 5.41) is 8.86. The maximum Gasteiger partial charge on any atom is 0.305 e. The largest absolute Gasteiger partial charge is 0.481 e. The Labute approximate surface area is 107 Å². The third-order valence-electron chi connectivity index (χ3n) is 3.48. The van der Waals surface area contributed by atoms with Gasteiger partial charge in [-0.25, -0.2) is 0 Å². The summed E-state index contributed by atoms with van der Waals surface area (Å²) in [6.45, 7) is 4.71. The number of rotatable bonds is 5. The van der Waals surface area contributed by atoms with E-state index in [2.05, 4.69) is 0 Å². The predicted octanol–water partition coefficient (Wildman–Crippen LogP) is 0.504. The zero-order valence-electron chi connectivity index (χ0n) is 11.1. The number of carbonyl (C=O) groups excluding carboxylic acids is 1. The number of carbonyl (C=O) groups is 2. The van der Waals surface area contributed by atoms with Gasteiger partial charge in [0, 0.05) is 13.7 Å². The lowest BCUT2D eigenvalue weighted by Crippen LogP contribution is -2.56. The molecule has 1 saturated heterocycles. The summed E-state index contributed by atoms with van der Waals surface area (Å²) in [4.78, 5) is 24.8. The molecule has 1 rings (SSSR count). The SMILES string of the molecule is CCC(C)(OC)C(=O)N1CCOCC1CC(=O)O. The zero-order valence-corrected chi connectivity index (χ0v) is 11.1. The van der Waals surface area contributed by atoms with Crippen LogP contribution in [0, 0.1) is 0 Å². The van der Waals surface area contributed by atoms with Gasteiger partial charge in [-0.2, -0.15) is 0 Å². The Balaban J connectivity index is 2.82. The maximum atomic E-state index is 12.4. The Morgan fingerprint density at radius 2 is 2.22 bits per heavy atom. The second-order valence-corrected chi connectivity index (χ2v) is 4.61. The van der Waals surface area contributed by atoms with Crippen LogP contribution in [-0.2, 0) is 19.1 Å². The number of nitrogens with zero attached hydrogens (tertiary/aromatic N) is 1. The van der Waals surface area contributed by atoms with Crippen molar-refractivity contribution >= 4 is 11.9 Å². The van der Waals surface area contributed by atoms with E-state index in [0.717, 1.165) is 0 Å². The van der Waals surface area contributed by atoms with Gasteiger partial charge < -0.3 is 19.5 Å². The van der Waals surface area contributed by atoms with Crippen molar-refractivity contribution in [2.75, 3.05) is 26.9 Å². The molecule has 18 heavy (non-hydrogen) atoms. The molecule has 1 amide bonds. The van der Waals surface area contributed by atoms with Gasteiger partial charge in [0.25, 0.3) is 5.91 Å². The smallest absolute Gasteiger partial charge is 0.305 e. The lowest BCUT2D eigenvalue weighted by Gasteiger charge is -2.39. The van der Waals surface area contributed by atoms with E-state index >= 15 is 0 Å². The molecule has 0 spiro atoms. The maximum absolute atomic E-state index is 12.4. The van der Waals surface area contributed by atoms with Crippen LogP contribution in [0.4, 0.5) is 0 Å². The molecule has 104 valence electrons. The Hall–Kier alpha value is -1.14. The van der Waals surface area contributed by atoms with Gasteiger partial charge in [0.2, 0.25) is 0 Å². The molecule has 0 aromatic rings. The number of hydrogen-bond donors (Lipinski definition) is 1. The topological polar surface area (TPSA) is 76.1 Å². The van der Waals surface area contributed by atoms with E-state index in [0.29, 0.717) is 19.6 Å². The van der Waals surface area contributed by atoms with Gasteiger partial charge in [-0.15, -0.1) is 0 Å². The van der Waals surface area contributed by atoms with Crippen LogP contribution in [0.15, 0.2) is 0 Å². The highest BCUT2D eigenvalue weighted by atomic mass is 16.5. The monoisotopic (exact) mass is 259 g/mol. The van der Waals surface area contributed by atoms with Crippen LogP contribution in [0.1, 0.15) is 26.7 Å². The molecule has 0 aliphatic carbocycles. The molecular formula is C12H21NO5. The first-order valence-corrected chi connectivity index (χ1v) is 6.10. The predicted molar refractivity (Wildman–Crippen MR) is 64.3 cm³/mol. The minimum absolute atomic E-state index is 0.102. The first kappa shape index (κ1) is 14.9. The molecule has 1 heterocycles. The van der Waals surface area contributed by atoms with Crippen molar-refractivity contribution in [3.8, 4) is 0 Å². The molecule has 0 bridgehead atoms. The second kappa shape index (κ2) is 6.15. The fourth-order valence-electron chi connectivity index (χ4n) is 1.98. The average molecular weight is 259 g/mol. The first-order valence-electron chi connectivity index (χ1n) is 6.10. The molecule has 1 fully saturated rings. The van der Waals surface area contributed by atoms with Gasteiger partial charge >= 0.3 is 5.97 Å². The summed E-state index contributed by atoms with van der Waals surface area (Å²) < 4.78 is 10.5. The van der Waals surface area contributed by atoms with E-state index in [4.69, 9.17) is 14.6 Å². The highest BCUT2D eigenvalue weighted by Crippen LogP contribution is 2.22. The van der Waals surface area contributed by atoms with Crippen molar-refractivity contribution in [3.05, 3.63) is 0 Å². The van der Waals surface area contributed by atoms with Crippen molar-refractivity contribution in [2.45, 2.75) is 38.3 Å². The minimum Gasteiger partial charge on any atom is -0.481 e. The van der Waals surface area contributed by atoms with Crippen LogP contribution < -0.4 is 0 Å². The van der Waals surface area contributed by atoms with Gasteiger partial charge in [-0.05, 0) is 13.3 Å². The highest BCUT2D eigenvalue weighted by molar-refractivity contribution is 5.85. The molecule has 0 radical (unpaired) electrons. The molecule has 0 aromatic carbocycles. The van der Waals surface area contributed by atoms with Gasteiger partial charge in [-0.3, -0.25) is 9.59 Å². The van der Waals surface area contributed by atoms with Crippen LogP contribution in [-0.4, -0.2) is 60.4 Å². The standard InChI is InChI=1S/C12H21NO5/c1-4-12(2,17-3)11(16)13-5-6-18-8-9(13)7-10(14)15/h9H,4-8H2,1-3H3,(H,14,15). The molecule has 1 aliphatic heterocycles. The molecule has 1 aliphatic rings. The number of aliphatic carboxylic acids is 1. The van der Waals surface area contributed by atoms with E-state index in [1.807, 2.05) is 6.92 Å². The fourth-order valence-corrected chi connectivity index (χ4v) is 1.98. The lowest BCUT2D eigenvalue weighted by molar-refractivity contribution is -0.163. The minimum atomic E-state index is -0.932. The summed E-state index contributed by atoms with van der Waals surface area (Å²) >= 11 is 0. The Morgan fingerprint density at radius 3 is 2.72 bits per heavy atom. The molecule has 6 nitrogen and oxygen atoms in total. The molecule has 2 atom stereocenters. The Morgan fingerprint density at radius 1 is 1.56 bits per heavy atom. The first-order chi connectivity index (χ1) is 8.44.